The third-order valence-electron chi connectivity index (χ3n) is 7.67. The number of carbonyl (C=O) groups is 1. The van der Waals surface area contributed by atoms with Gasteiger partial charge < -0.3 is 14.0 Å². The number of amides is 1. The minimum Gasteiger partial charge on any atom is -0.493 e. The predicted octanol–water partition coefficient (Wildman–Crippen LogP) is 8.25. The van der Waals surface area contributed by atoms with Gasteiger partial charge in [0.15, 0.2) is 11.5 Å². The summed E-state index contributed by atoms with van der Waals surface area (Å²) in [6, 6.07) is 30.4. The Morgan fingerprint density at radius 2 is 1.77 bits per heavy atom. The van der Waals surface area contributed by atoms with Gasteiger partial charge in [-0.1, -0.05) is 88.2 Å². The lowest BCUT2D eigenvalue weighted by Crippen LogP contribution is -2.28. The average Bonchev–Trinajstić information content (AvgIpc) is 3.62. The van der Waals surface area contributed by atoms with Crippen molar-refractivity contribution in [3.05, 3.63) is 124 Å². The van der Waals surface area contributed by atoms with Gasteiger partial charge in [-0.25, -0.2) is 5.01 Å². The zero-order valence-corrected chi connectivity index (χ0v) is 26.7. The van der Waals surface area contributed by atoms with Gasteiger partial charge in [-0.3, -0.25) is 4.79 Å². The van der Waals surface area contributed by atoms with Crippen LogP contribution in [0.25, 0.3) is 10.9 Å². The summed E-state index contributed by atoms with van der Waals surface area (Å²) in [5.74, 6) is 1.42. The molecule has 5 aromatic rings. The van der Waals surface area contributed by atoms with Gasteiger partial charge in [0.25, 0.3) is 5.91 Å². The van der Waals surface area contributed by atoms with E-state index in [-0.39, 0.29) is 17.7 Å². The number of aromatic nitrogens is 1. The van der Waals surface area contributed by atoms with Crippen molar-refractivity contribution in [2.45, 2.75) is 30.8 Å². The van der Waals surface area contributed by atoms with Crippen LogP contribution in [-0.4, -0.2) is 41.2 Å². The van der Waals surface area contributed by atoms with Crippen molar-refractivity contribution >= 4 is 50.2 Å². The van der Waals surface area contributed by atoms with Crippen molar-refractivity contribution in [3.63, 3.8) is 0 Å². The van der Waals surface area contributed by atoms with Crippen LogP contribution in [0.5, 0.6) is 11.5 Å². The van der Waals surface area contributed by atoms with Crippen LogP contribution in [0.2, 0.25) is 0 Å². The number of methoxy groups -OCH3 is 2. The molecular weight excluding hydrogens is 622 g/mol. The van der Waals surface area contributed by atoms with Crippen LogP contribution in [0.4, 0.5) is 0 Å². The number of thioether (sulfide) groups is 1. The topological polar surface area (TPSA) is 56.1 Å². The van der Waals surface area contributed by atoms with Crippen molar-refractivity contribution in [2.24, 2.45) is 5.10 Å². The molecule has 0 radical (unpaired) electrons. The Hall–Kier alpha value is -4.01. The molecule has 1 aromatic heterocycles. The molecule has 2 heterocycles. The number of benzene rings is 4. The summed E-state index contributed by atoms with van der Waals surface area (Å²) in [6.07, 6.45) is 2.73. The highest BCUT2D eigenvalue weighted by atomic mass is 79.9. The smallest absolute Gasteiger partial charge is 0.253 e. The van der Waals surface area contributed by atoms with Crippen molar-refractivity contribution in [1.82, 2.24) is 9.58 Å². The Morgan fingerprint density at radius 3 is 2.53 bits per heavy atom. The molecule has 6 rings (SSSR count). The zero-order chi connectivity index (χ0) is 29.9. The molecule has 1 aliphatic rings. The fourth-order valence-corrected chi connectivity index (χ4v) is 6.85. The standard InChI is InChI=1S/C35H32BrN3O3S/c1-23-8-6-9-24(18-23)20-38-21-33(27-10-4-5-12-30(27)38)43-22-34(40)39-31(28-11-7-13-32(41-2)35(28)42-3)19-29(37-39)25-14-16-26(36)17-15-25/h4-18,21,31H,19-20,22H2,1-3H3/t31-/m0/s1. The number of hydrogen-bond donors (Lipinski definition) is 0. The van der Waals surface area contributed by atoms with E-state index in [0.29, 0.717) is 17.9 Å². The van der Waals surface area contributed by atoms with Crippen molar-refractivity contribution in [3.8, 4) is 11.5 Å². The molecule has 6 nitrogen and oxygen atoms in total. The monoisotopic (exact) mass is 653 g/mol. The molecule has 1 amide bonds. The second-order valence-corrected chi connectivity index (χ2v) is 12.4. The molecule has 1 atom stereocenters. The highest BCUT2D eigenvalue weighted by Gasteiger charge is 2.35. The molecule has 8 heteroatoms. The summed E-state index contributed by atoms with van der Waals surface area (Å²) < 4.78 is 14.6. The third-order valence-corrected chi connectivity index (χ3v) is 9.23. The molecule has 0 unspecified atom stereocenters. The van der Waals surface area contributed by atoms with E-state index in [1.807, 2.05) is 48.5 Å². The van der Waals surface area contributed by atoms with Gasteiger partial charge in [-0.15, -0.1) is 11.8 Å². The van der Waals surface area contributed by atoms with Crippen LogP contribution in [0, 0.1) is 6.92 Å². The number of halogens is 1. The maximum absolute atomic E-state index is 14.0. The number of hydrogen-bond acceptors (Lipinski definition) is 5. The van der Waals surface area contributed by atoms with E-state index in [1.54, 1.807) is 31.0 Å². The fraction of sp³-hybridized carbons (Fsp3) is 0.200. The van der Waals surface area contributed by atoms with Crippen LogP contribution in [0.3, 0.4) is 0 Å². The lowest BCUT2D eigenvalue weighted by atomic mass is 9.97. The van der Waals surface area contributed by atoms with E-state index >= 15 is 0 Å². The summed E-state index contributed by atoms with van der Waals surface area (Å²) in [6.45, 7) is 2.88. The van der Waals surface area contributed by atoms with Gasteiger partial charge in [0.1, 0.15) is 0 Å². The Labute approximate surface area is 264 Å². The summed E-state index contributed by atoms with van der Waals surface area (Å²) in [5.41, 5.74) is 6.34. The predicted molar refractivity (Wildman–Crippen MR) is 177 cm³/mol. The molecule has 0 aliphatic carbocycles. The lowest BCUT2D eigenvalue weighted by Gasteiger charge is -2.24. The maximum Gasteiger partial charge on any atom is 0.253 e. The van der Waals surface area contributed by atoms with E-state index in [1.165, 1.54) is 11.1 Å². The van der Waals surface area contributed by atoms with E-state index in [4.69, 9.17) is 14.6 Å². The number of hydrazone groups is 1. The number of rotatable bonds is 9. The first-order chi connectivity index (χ1) is 20.9. The van der Waals surface area contributed by atoms with Crippen molar-refractivity contribution < 1.29 is 14.3 Å². The van der Waals surface area contributed by atoms with Crippen LogP contribution in [-0.2, 0) is 11.3 Å². The first-order valence-electron chi connectivity index (χ1n) is 14.1. The summed E-state index contributed by atoms with van der Waals surface area (Å²) >= 11 is 5.07. The number of fused-ring (bicyclic) bond motifs is 1. The molecule has 0 bridgehead atoms. The first kappa shape index (κ1) is 29.1. The average molecular weight is 655 g/mol. The van der Waals surface area contributed by atoms with E-state index < -0.39 is 0 Å². The van der Waals surface area contributed by atoms with E-state index in [2.05, 4.69) is 76.1 Å². The molecule has 0 saturated carbocycles. The van der Waals surface area contributed by atoms with E-state index in [0.717, 1.165) is 43.7 Å². The highest BCUT2D eigenvalue weighted by Crippen LogP contribution is 2.42. The maximum atomic E-state index is 14.0. The molecule has 0 spiro atoms. The highest BCUT2D eigenvalue weighted by molar-refractivity contribution is 9.10. The lowest BCUT2D eigenvalue weighted by molar-refractivity contribution is -0.130. The minimum absolute atomic E-state index is 0.0671. The molecule has 43 heavy (non-hydrogen) atoms. The SMILES string of the molecule is COc1cccc([C@@H]2CC(c3ccc(Br)cc3)=NN2C(=O)CSc2cn(Cc3cccc(C)c3)c3ccccc23)c1OC. The molecule has 1 aliphatic heterocycles. The molecule has 0 fully saturated rings. The van der Waals surface area contributed by atoms with Gasteiger partial charge in [0.2, 0.25) is 0 Å². The first-order valence-corrected chi connectivity index (χ1v) is 15.9. The molecule has 0 saturated heterocycles. The van der Waals surface area contributed by atoms with Gasteiger partial charge in [0.05, 0.1) is 31.7 Å². The second kappa shape index (κ2) is 12.7. The van der Waals surface area contributed by atoms with Gasteiger partial charge >= 0.3 is 0 Å². The fourth-order valence-electron chi connectivity index (χ4n) is 5.65. The summed E-state index contributed by atoms with van der Waals surface area (Å²) in [4.78, 5) is 15.0. The summed E-state index contributed by atoms with van der Waals surface area (Å²) in [5, 5.41) is 7.66. The zero-order valence-electron chi connectivity index (χ0n) is 24.3. The van der Waals surface area contributed by atoms with Crippen LogP contribution in [0.15, 0.2) is 112 Å². The number of nitrogens with zero attached hydrogens (tertiary/aromatic N) is 3. The summed E-state index contributed by atoms with van der Waals surface area (Å²) in [7, 11) is 3.25. The largest absolute Gasteiger partial charge is 0.493 e. The molecule has 0 N–H and O–H groups in total. The normalized spacial score (nSPS) is 14.7. The van der Waals surface area contributed by atoms with Gasteiger partial charge in [0, 0.05) is 45.0 Å². The van der Waals surface area contributed by atoms with Crippen LogP contribution in [0.1, 0.15) is 34.7 Å². The quantitative estimate of drug-likeness (QED) is 0.150. The molecular formula is C35H32BrN3O3S. The second-order valence-electron chi connectivity index (χ2n) is 10.5. The Balaban J connectivity index is 1.30. The number of aryl methyl sites for hydroxylation is 1. The van der Waals surface area contributed by atoms with Crippen LogP contribution >= 0.6 is 27.7 Å². The van der Waals surface area contributed by atoms with E-state index in [9.17, 15) is 4.79 Å². The van der Waals surface area contributed by atoms with Crippen LogP contribution < -0.4 is 9.47 Å². The van der Waals surface area contributed by atoms with Crippen molar-refractivity contribution in [2.75, 3.05) is 20.0 Å². The number of carbonyl (C=O) groups excluding carboxylic acids is 1. The molecule has 4 aromatic carbocycles. The third kappa shape index (κ3) is 6.08. The molecule has 218 valence electrons. The Bertz CT molecular complexity index is 1820. The Kier molecular flexibility index (Phi) is 8.58. The minimum atomic E-state index is -0.320. The number of ether oxygens (including phenoxy) is 2. The number of para-hydroxylation sites is 2. The van der Waals surface area contributed by atoms with Gasteiger partial charge in [-0.2, -0.15) is 5.10 Å². The van der Waals surface area contributed by atoms with Crippen molar-refractivity contribution in [1.29, 1.82) is 0 Å². The van der Waals surface area contributed by atoms with Gasteiger partial charge in [-0.05, 0) is 42.3 Å². The Morgan fingerprint density at radius 1 is 0.977 bits per heavy atom.